The number of alkyl carbamates (subject to hydrolysis) is 1. The molecule has 1 fully saturated rings. The topological polar surface area (TPSA) is 87.7 Å². The summed E-state index contributed by atoms with van der Waals surface area (Å²) in [5.74, 6) is -0.483. The summed E-state index contributed by atoms with van der Waals surface area (Å²) in [7, 11) is 0. The second-order valence-electron chi connectivity index (χ2n) is 10.6. The molecule has 3 rings (SSSR count). The number of rotatable bonds is 7. The maximum atomic E-state index is 13.8. The molecule has 3 amide bonds. The van der Waals surface area contributed by atoms with Crippen LogP contribution in [0.2, 0.25) is 5.02 Å². The zero-order valence-electron chi connectivity index (χ0n) is 22.1. The third kappa shape index (κ3) is 6.78. The number of carbonyl (C=O) groups excluding carboxylic acids is 3. The van der Waals surface area contributed by atoms with Crippen molar-refractivity contribution in [2.24, 2.45) is 5.92 Å². The second-order valence-corrected chi connectivity index (χ2v) is 11.0. The lowest BCUT2D eigenvalue weighted by molar-refractivity contribution is -0.139. The number of hydrogen-bond acceptors (Lipinski definition) is 4. The summed E-state index contributed by atoms with van der Waals surface area (Å²) in [6, 6.07) is 10.1. The average molecular weight is 514 g/mol. The lowest BCUT2D eigenvalue weighted by atomic mass is 9.98. The molecule has 36 heavy (non-hydrogen) atoms. The molecule has 0 aliphatic heterocycles. The summed E-state index contributed by atoms with van der Waals surface area (Å²) in [5, 5.41) is 5.93. The summed E-state index contributed by atoms with van der Waals surface area (Å²) in [5.41, 5.74) is 3.45. The first-order valence-electron chi connectivity index (χ1n) is 12.2. The SMILES string of the molecule is Cc1ccc(C(C(=O)Nc2c(C)cccc2Cl)N(C(=O)CNC(=O)OC(C)(C)C)C2CC2C)cc1C. The molecule has 194 valence electrons. The molecule has 3 unspecified atom stereocenters. The number of nitrogens with zero attached hydrogens (tertiary/aromatic N) is 1. The molecule has 8 heteroatoms. The number of ether oxygens (including phenoxy) is 1. The van der Waals surface area contributed by atoms with Crippen molar-refractivity contribution >= 4 is 35.2 Å². The maximum Gasteiger partial charge on any atom is 0.408 e. The van der Waals surface area contributed by atoms with Crippen LogP contribution in [-0.4, -0.2) is 41.0 Å². The number of anilines is 1. The summed E-state index contributed by atoms with van der Waals surface area (Å²) in [6.45, 7) is 12.9. The first-order valence-corrected chi connectivity index (χ1v) is 12.6. The van der Waals surface area contributed by atoms with Crippen molar-refractivity contribution in [1.29, 1.82) is 0 Å². The van der Waals surface area contributed by atoms with Crippen molar-refractivity contribution in [3.05, 3.63) is 63.7 Å². The molecule has 2 aromatic rings. The first-order chi connectivity index (χ1) is 16.8. The van der Waals surface area contributed by atoms with Gasteiger partial charge in [-0.2, -0.15) is 0 Å². The Labute approximate surface area is 218 Å². The fourth-order valence-corrected chi connectivity index (χ4v) is 4.39. The Morgan fingerprint density at radius 2 is 1.75 bits per heavy atom. The molecule has 0 spiro atoms. The van der Waals surface area contributed by atoms with Crippen molar-refractivity contribution in [2.75, 3.05) is 11.9 Å². The highest BCUT2D eigenvalue weighted by Crippen LogP contribution is 2.41. The Morgan fingerprint density at radius 3 is 2.31 bits per heavy atom. The third-order valence-corrected chi connectivity index (χ3v) is 6.65. The van der Waals surface area contributed by atoms with Gasteiger partial charge in [-0.05, 0) is 82.2 Å². The van der Waals surface area contributed by atoms with E-state index in [1.165, 1.54) is 0 Å². The molecule has 1 aliphatic rings. The van der Waals surface area contributed by atoms with Crippen LogP contribution >= 0.6 is 11.6 Å². The van der Waals surface area contributed by atoms with Crippen LogP contribution in [0.5, 0.6) is 0 Å². The van der Waals surface area contributed by atoms with Gasteiger partial charge in [0.1, 0.15) is 18.2 Å². The number of hydrogen-bond donors (Lipinski definition) is 2. The number of benzene rings is 2. The Morgan fingerprint density at radius 1 is 1.08 bits per heavy atom. The lowest BCUT2D eigenvalue weighted by Gasteiger charge is -2.33. The Bertz CT molecular complexity index is 1140. The van der Waals surface area contributed by atoms with Crippen LogP contribution in [0.1, 0.15) is 62.4 Å². The fraction of sp³-hybridized carbons (Fsp3) is 0.464. The summed E-state index contributed by atoms with van der Waals surface area (Å²) >= 11 is 6.39. The van der Waals surface area contributed by atoms with Crippen molar-refractivity contribution in [3.8, 4) is 0 Å². The summed E-state index contributed by atoms with van der Waals surface area (Å²) in [6.07, 6.45) is 0.0938. The lowest BCUT2D eigenvalue weighted by Crippen LogP contribution is -2.48. The zero-order valence-corrected chi connectivity index (χ0v) is 22.8. The summed E-state index contributed by atoms with van der Waals surface area (Å²) < 4.78 is 5.28. The molecular weight excluding hydrogens is 478 g/mol. The van der Waals surface area contributed by atoms with Gasteiger partial charge in [-0.25, -0.2) is 4.79 Å². The molecular formula is C28H36ClN3O4. The van der Waals surface area contributed by atoms with Gasteiger partial charge in [-0.1, -0.05) is 48.9 Å². The third-order valence-electron chi connectivity index (χ3n) is 6.34. The summed E-state index contributed by atoms with van der Waals surface area (Å²) in [4.78, 5) is 41.2. The number of halogens is 1. The van der Waals surface area contributed by atoms with Gasteiger partial charge >= 0.3 is 6.09 Å². The number of aryl methyl sites for hydroxylation is 3. The first kappa shape index (κ1) is 27.5. The number of amides is 3. The van der Waals surface area contributed by atoms with Crippen LogP contribution in [-0.2, 0) is 14.3 Å². The van der Waals surface area contributed by atoms with Crippen LogP contribution in [0.25, 0.3) is 0 Å². The highest BCUT2D eigenvalue weighted by Gasteiger charge is 2.46. The van der Waals surface area contributed by atoms with Crippen LogP contribution in [0.15, 0.2) is 36.4 Å². The van der Waals surface area contributed by atoms with E-state index in [2.05, 4.69) is 10.6 Å². The van der Waals surface area contributed by atoms with Gasteiger partial charge in [0.2, 0.25) is 5.91 Å². The second kappa shape index (κ2) is 10.9. The van der Waals surface area contributed by atoms with Gasteiger partial charge in [0.25, 0.3) is 5.91 Å². The Hall–Kier alpha value is -3.06. The minimum atomic E-state index is -0.900. The highest BCUT2D eigenvalue weighted by molar-refractivity contribution is 6.34. The van der Waals surface area contributed by atoms with E-state index in [0.29, 0.717) is 16.3 Å². The van der Waals surface area contributed by atoms with E-state index in [9.17, 15) is 14.4 Å². The van der Waals surface area contributed by atoms with Gasteiger partial charge in [-0.15, -0.1) is 0 Å². The predicted molar refractivity (Wildman–Crippen MR) is 142 cm³/mol. The fourth-order valence-electron chi connectivity index (χ4n) is 4.12. The van der Waals surface area contributed by atoms with Crippen LogP contribution < -0.4 is 10.6 Å². The average Bonchev–Trinajstić information content (AvgIpc) is 3.49. The Kier molecular flexibility index (Phi) is 8.34. The van der Waals surface area contributed by atoms with Gasteiger partial charge in [0.15, 0.2) is 0 Å². The molecule has 2 aromatic carbocycles. The van der Waals surface area contributed by atoms with E-state index in [4.69, 9.17) is 16.3 Å². The van der Waals surface area contributed by atoms with Crippen LogP contribution in [0.4, 0.5) is 10.5 Å². The van der Waals surface area contributed by atoms with E-state index in [0.717, 1.165) is 23.1 Å². The standard InChI is InChI=1S/C28H36ClN3O4/c1-16-11-12-20(13-18(16)3)25(26(34)31-24-17(2)9-8-10-21(24)29)32(22-14-19(22)4)23(33)15-30-27(35)36-28(5,6)7/h8-13,19,22,25H,14-15H2,1-7H3,(H,30,35)(H,31,34). The number of nitrogens with one attached hydrogen (secondary N) is 2. The molecule has 3 atom stereocenters. The minimum Gasteiger partial charge on any atom is -0.444 e. The number of carbonyl (C=O) groups is 3. The molecule has 0 saturated heterocycles. The van der Waals surface area contributed by atoms with E-state index in [1.54, 1.807) is 31.7 Å². The number of para-hydroxylation sites is 1. The minimum absolute atomic E-state index is 0.123. The van der Waals surface area contributed by atoms with E-state index in [-0.39, 0.29) is 30.3 Å². The van der Waals surface area contributed by atoms with Gasteiger partial charge in [0.05, 0.1) is 10.7 Å². The van der Waals surface area contributed by atoms with Crippen molar-refractivity contribution in [1.82, 2.24) is 10.2 Å². The molecule has 1 saturated carbocycles. The van der Waals surface area contributed by atoms with Gasteiger partial charge in [-0.3, -0.25) is 9.59 Å². The maximum absolute atomic E-state index is 13.8. The highest BCUT2D eigenvalue weighted by atomic mass is 35.5. The van der Waals surface area contributed by atoms with Crippen LogP contribution in [0, 0.1) is 26.7 Å². The van der Waals surface area contributed by atoms with Gasteiger partial charge < -0.3 is 20.3 Å². The molecule has 1 aliphatic carbocycles. The largest absolute Gasteiger partial charge is 0.444 e. The molecule has 7 nitrogen and oxygen atoms in total. The monoisotopic (exact) mass is 513 g/mol. The predicted octanol–water partition coefficient (Wildman–Crippen LogP) is 5.71. The molecule has 0 radical (unpaired) electrons. The molecule has 0 heterocycles. The Balaban J connectivity index is 1.96. The molecule has 2 N–H and O–H groups in total. The smallest absolute Gasteiger partial charge is 0.408 e. The zero-order chi connectivity index (χ0) is 26.8. The normalized spacial score (nSPS) is 17.7. The van der Waals surface area contributed by atoms with E-state index < -0.39 is 17.7 Å². The van der Waals surface area contributed by atoms with E-state index in [1.807, 2.05) is 58.0 Å². The van der Waals surface area contributed by atoms with Crippen LogP contribution in [0.3, 0.4) is 0 Å². The van der Waals surface area contributed by atoms with Crippen molar-refractivity contribution < 1.29 is 19.1 Å². The molecule has 0 aromatic heterocycles. The quantitative estimate of drug-likeness (QED) is 0.496. The van der Waals surface area contributed by atoms with Crippen molar-refractivity contribution in [2.45, 2.75) is 72.6 Å². The van der Waals surface area contributed by atoms with Crippen molar-refractivity contribution in [3.63, 3.8) is 0 Å². The van der Waals surface area contributed by atoms with E-state index >= 15 is 0 Å². The van der Waals surface area contributed by atoms with Gasteiger partial charge in [0, 0.05) is 6.04 Å². The molecule has 0 bridgehead atoms.